The second-order valence-corrected chi connectivity index (χ2v) is 10.8. The monoisotopic (exact) mass is 368 g/mol. The molecule has 0 amide bonds. The molecule has 0 radical (unpaired) electrons. The maximum absolute atomic E-state index is 10.0. The van der Waals surface area contributed by atoms with Gasteiger partial charge in [0, 0.05) is 12.0 Å². The molecule has 0 spiro atoms. The van der Waals surface area contributed by atoms with Gasteiger partial charge in [0.05, 0.1) is 0 Å². The number of hydrogen-bond acceptors (Lipinski definition) is 1. The molecule has 0 aliphatic heterocycles. The van der Waals surface area contributed by atoms with Gasteiger partial charge in [0.1, 0.15) is 0 Å². The van der Waals surface area contributed by atoms with Crippen molar-refractivity contribution in [3.8, 4) is 0 Å². The third-order valence-electron chi connectivity index (χ3n) is 5.61. The number of aliphatic hydroxyl groups is 1. The molecule has 0 atom stereocenters. The van der Waals surface area contributed by atoms with Crippen LogP contribution in [0.4, 0.5) is 0 Å². The lowest BCUT2D eigenvalue weighted by atomic mass is 9.98. The Kier molecular flexibility index (Phi) is 10.2. The minimum atomic E-state index is 0.119. The summed E-state index contributed by atoms with van der Waals surface area (Å²) in [4.78, 5) is 0. The molecule has 1 nitrogen and oxygen atoms in total. The van der Waals surface area contributed by atoms with Gasteiger partial charge in [-0.15, -0.1) is 16.4 Å². The summed E-state index contributed by atoms with van der Waals surface area (Å²) in [5, 5.41) is 13.6. The molecular formula is C21H38OP2. The van der Waals surface area contributed by atoms with E-state index in [4.69, 9.17) is 0 Å². The highest BCUT2D eigenvalue weighted by atomic mass is 31.1. The van der Waals surface area contributed by atoms with E-state index in [2.05, 4.69) is 6.92 Å². The normalized spacial score (nSPS) is 24.1. The van der Waals surface area contributed by atoms with Crippen molar-refractivity contribution < 1.29 is 5.11 Å². The lowest BCUT2D eigenvalue weighted by Crippen LogP contribution is -2.26. The number of hydrogen-bond donors (Lipinski definition) is 1. The Hall–Kier alpha value is 0.300. The molecule has 2 aliphatic rings. The zero-order valence-electron chi connectivity index (χ0n) is 15.9. The van der Waals surface area contributed by atoms with Crippen LogP contribution in [0.5, 0.6) is 0 Å². The number of aliphatic hydroxyl groups excluding tert-OH is 1. The van der Waals surface area contributed by atoms with Gasteiger partial charge in [0.15, 0.2) is 0 Å². The Morgan fingerprint density at radius 2 is 1.00 bits per heavy atom. The van der Waals surface area contributed by atoms with E-state index in [9.17, 15) is 5.11 Å². The lowest BCUT2D eigenvalue weighted by Gasteiger charge is -2.25. The summed E-state index contributed by atoms with van der Waals surface area (Å²) < 4.78 is 0. The van der Waals surface area contributed by atoms with Crippen LogP contribution in [0.15, 0.2) is 0 Å². The summed E-state index contributed by atoms with van der Waals surface area (Å²) >= 11 is 0. The second kappa shape index (κ2) is 11.8. The van der Waals surface area contributed by atoms with Gasteiger partial charge in [-0.3, -0.25) is 0 Å². The van der Waals surface area contributed by atoms with Crippen molar-refractivity contribution in [1.82, 2.24) is 0 Å². The van der Waals surface area contributed by atoms with Crippen LogP contribution < -0.4 is 0 Å². The molecular weight excluding hydrogens is 330 g/mol. The molecule has 24 heavy (non-hydrogen) atoms. The van der Waals surface area contributed by atoms with Crippen molar-refractivity contribution in [3.05, 3.63) is 0 Å². The van der Waals surface area contributed by atoms with Gasteiger partial charge in [0.2, 0.25) is 0 Å². The van der Waals surface area contributed by atoms with Gasteiger partial charge >= 0.3 is 0 Å². The first-order chi connectivity index (χ1) is 11.7. The maximum atomic E-state index is 10.0. The van der Waals surface area contributed by atoms with Crippen LogP contribution in [0.2, 0.25) is 0 Å². The van der Waals surface area contributed by atoms with E-state index in [-0.39, 0.29) is 5.41 Å². The van der Waals surface area contributed by atoms with Crippen LogP contribution in [0, 0.1) is 5.41 Å². The Labute approximate surface area is 153 Å². The van der Waals surface area contributed by atoms with Crippen molar-refractivity contribution in [2.24, 2.45) is 5.41 Å². The van der Waals surface area contributed by atoms with Crippen LogP contribution in [0.1, 0.15) is 96.8 Å². The van der Waals surface area contributed by atoms with Crippen molar-refractivity contribution >= 4 is 27.0 Å². The van der Waals surface area contributed by atoms with E-state index in [1.807, 2.05) is 0 Å². The van der Waals surface area contributed by atoms with E-state index >= 15 is 0 Å². The third kappa shape index (κ3) is 8.12. The van der Waals surface area contributed by atoms with Crippen LogP contribution in [0.25, 0.3) is 0 Å². The average Bonchev–Trinajstić information content (AvgIpc) is 2.53. The standard InChI is InChI=1S/C21H38OP2/c1-21(16-22,17-23-19-12-8-4-2-5-9-13-19)18-24-20-14-10-6-3-7-11-15-20/h22H,2-18H2,1H3. The zero-order valence-corrected chi connectivity index (χ0v) is 17.7. The molecule has 0 saturated heterocycles. The van der Waals surface area contributed by atoms with Gasteiger partial charge in [-0.2, -0.15) is 0 Å². The molecule has 2 saturated carbocycles. The van der Waals surface area contributed by atoms with Crippen LogP contribution in [-0.4, -0.2) is 34.6 Å². The molecule has 3 heteroatoms. The molecule has 0 bridgehead atoms. The SMILES string of the molecule is CC(CO)(CP=C1CCCCCCC1)CP=C1CCCCCCC1. The minimum absolute atomic E-state index is 0.119. The van der Waals surface area contributed by atoms with Gasteiger partial charge in [-0.25, -0.2) is 0 Å². The summed E-state index contributed by atoms with van der Waals surface area (Å²) in [5.74, 6) is 0. The predicted molar refractivity (Wildman–Crippen MR) is 113 cm³/mol. The van der Waals surface area contributed by atoms with E-state index < -0.39 is 0 Å². The average molecular weight is 368 g/mol. The van der Waals surface area contributed by atoms with E-state index in [0.29, 0.717) is 6.61 Å². The summed E-state index contributed by atoms with van der Waals surface area (Å²) in [6.45, 7) is 2.67. The van der Waals surface area contributed by atoms with Gasteiger partial charge < -0.3 is 5.11 Å². The fourth-order valence-electron chi connectivity index (χ4n) is 3.70. The third-order valence-corrected chi connectivity index (χ3v) is 9.24. The predicted octanol–water partition coefficient (Wildman–Crippen LogP) is 6.71. The second-order valence-electron chi connectivity index (χ2n) is 8.27. The Morgan fingerprint density at radius 1 is 0.667 bits per heavy atom. The van der Waals surface area contributed by atoms with Crippen LogP contribution >= 0.6 is 16.4 Å². The van der Waals surface area contributed by atoms with Crippen molar-refractivity contribution in [1.29, 1.82) is 0 Å². The molecule has 2 rings (SSSR count). The zero-order chi connectivity index (χ0) is 17.1. The topological polar surface area (TPSA) is 20.2 Å². The maximum Gasteiger partial charge on any atom is 0.0497 e. The molecule has 138 valence electrons. The lowest BCUT2D eigenvalue weighted by molar-refractivity contribution is 0.184. The van der Waals surface area contributed by atoms with Crippen LogP contribution in [0.3, 0.4) is 0 Å². The Balaban J connectivity index is 1.88. The van der Waals surface area contributed by atoms with E-state index in [1.54, 1.807) is 27.0 Å². The smallest absolute Gasteiger partial charge is 0.0497 e. The van der Waals surface area contributed by atoms with Gasteiger partial charge in [-0.05, 0) is 74.3 Å². The first-order valence-electron chi connectivity index (χ1n) is 10.4. The highest BCUT2D eigenvalue weighted by molar-refractivity contribution is 7.41. The highest BCUT2D eigenvalue weighted by Crippen LogP contribution is 2.31. The van der Waals surface area contributed by atoms with Crippen LogP contribution in [-0.2, 0) is 0 Å². The first kappa shape index (κ1) is 20.6. The summed E-state index contributed by atoms with van der Waals surface area (Å²) in [6.07, 6.45) is 21.9. The summed E-state index contributed by atoms with van der Waals surface area (Å²) in [7, 11) is 3.08. The molecule has 2 fully saturated rings. The van der Waals surface area contributed by atoms with Crippen molar-refractivity contribution in [3.63, 3.8) is 0 Å². The van der Waals surface area contributed by atoms with Crippen molar-refractivity contribution in [2.45, 2.75) is 96.8 Å². The molecule has 0 unspecified atom stereocenters. The molecule has 2 aliphatic carbocycles. The fraction of sp³-hybridized carbons (Fsp3) is 0.905. The fourth-order valence-corrected chi connectivity index (χ4v) is 6.77. The van der Waals surface area contributed by atoms with E-state index in [0.717, 1.165) is 0 Å². The first-order valence-corrected chi connectivity index (χ1v) is 12.5. The largest absolute Gasteiger partial charge is 0.396 e. The Bertz CT molecular complexity index is 360. The quantitative estimate of drug-likeness (QED) is 0.535. The highest BCUT2D eigenvalue weighted by Gasteiger charge is 2.22. The Morgan fingerprint density at radius 3 is 1.33 bits per heavy atom. The number of rotatable bonds is 5. The molecule has 0 aromatic carbocycles. The van der Waals surface area contributed by atoms with E-state index in [1.165, 1.54) is 102 Å². The molecule has 0 aromatic rings. The van der Waals surface area contributed by atoms with Gasteiger partial charge in [-0.1, -0.05) is 45.4 Å². The summed E-state index contributed by atoms with van der Waals surface area (Å²) in [6, 6.07) is 0. The summed E-state index contributed by atoms with van der Waals surface area (Å²) in [5.41, 5.74) is 0.119. The molecule has 0 aromatic heterocycles. The molecule has 1 N–H and O–H groups in total. The van der Waals surface area contributed by atoms with Gasteiger partial charge in [0.25, 0.3) is 0 Å². The molecule has 0 heterocycles. The van der Waals surface area contributed by atoms with Crippen molar-refractivity contribution in [2.75, 3.05) is 18.9 Å². The minimum Gasteiger partial charge on any atom is -0.396 e.